The lowest BCUT2D eigenvalue weighted by Gasteiger charge is -2.15. The molecule has 0 saturated heterocycles. The highest BCUT2D eigenvalue weighted by Crippen LogP contribution is 2.18. The van der Waals surface area contributed by atoms with Crippen molar-refractivity contribution in [1.29, 1.82) is 0 Å². The molecule has 0 bridgehead atoms. The predicted molar refractivity (Wildman–Crippen MR) is 71.1 cm³/mol. The van der Waals surface area contributed by atoms with Crippen LogP contribution in [0.2, 0.25) is 0 Å². The fourth-order valence-electron chi connectivity index (χ4n) is 1.36. The van der Waals surface area contributed by atoms with E-state index in [-0.39, 0.29) is 12.6 Å². The lowest BCUT2D eigenvalue weighted by atomic mass is 10.2. The molecule has 0 aliphatic carbocycles. The molecule has 0 radical (unpaired) electrons. The molecule has 0 aromatic heterocycles. The van der Waals surface area contributed by atoms with Gasteiger partial charge in [0.1, 0.15) is 0 Å². The fraction of sp³-hybridized carbons (Fsp3) is 0.538. The summed E-state index contributed by atoms with van der Waals surface area (Å²) >= 11 is 1.79. The molecule has 0 aliphatic rings. The highest BCUT2D eigenvalue weighted by Gasteiger charge is 2.06. The van der Waals surface area contributed by atoms with E-state index >= 15 is 0 Å². The third-order valence-corrected chi connectivity index (χ3v) is 3.55. The number of hydrogen-bond donors (Lipinski definition) is 2. The van der Waals surface area contributed by atoms with Crippen molar-refractivity contribution in [2.75, 3.05) is 18.9 Å². The van der Waals surface area contributed by atoms with Gasteiger partial charge in [0.25, 0.3) is 0 Å². The first-order chi connectivity index (χ1) is 7.76. The van der Waals surface area contributed by atoms with Crippen molar-refractivity contribution in [3.8, 4) is 0 Å². The van der Waals surface area contributed by atoms with Gasteiger partial charge in [-0.15, -0.1) is 11.8 Å². The monoisotopic (exact) mass is 239 g/mol. The van der Waals surface area contributed by atoms with Crippen LogP contribution in [0.15, 0.2) is 29.2 Å². The average molecular weight is 239 g/mol. The number of hydrogen-bond acceptors (Lipinski definition) is 3. The van der Waals surface area contributed by atoms with Crippen LogP contribution in [-0.4, -0.2) is 30.1 Å². The summed E-state index contributed by atoms with van der Waals surface area (Å²) in [6.07, 6.45) is 1.10. The Balaban J connectivity index is 2.34. The van der Waals surface area contributed by atoms with Gasteiger partial charge < -0.3 is 10.4 Å². The Kier molecular flexibility index (Phi) is 6.53. The van der Waals surface area contributed by atoms with Crippen LogP contribution in [0.4, 0.5) is 0 Å². The fourth-order valence-corrected chi connectivity index (χ4v) is 2.30. The van der Waals surface area contributed by atoms with Crippen LogP contribution in [0.3, 0.4) is 0 Å². The maximum Gasteiger partial charge on any atom is 0.0592 e. The Labute approximate surface area is 102 Å². The molecule has 0 amide bonds. The van der Waals surface area contributed by atoms with E-state index in [1.54, 1.807) is 11.8 Å². The van der Waals surface area contributed by atoms with Gasteiger partial charge >= 0.3 is 0 Å². The molecule has 2 nitrogen and oxygen atoms in total. The summed E-state index contributed by atoms with van der Waals surface area (Å²) in [4.78, 5) is 1.27. The molecule has 1 rings (SSSR count). The van der Waals surface area contributed by atoms with Gasteiger partial charge in [-0.25, -0.2) is 0 Å². The second-order valence-corrected chi connectivity index (χ2v) is 5.05. The van der Waals surface area contributed by atoms with Crippen molar-refractivity contribution >= 4 is 11.8 Å². The van der Waals surface area contributed by atoms with Gasteiger partial charge in [0.15, 0.2) is 0 Å². The van der Waals surface area contributed by atoms with Gasteiger partial charge in [-0.1, -0.05) is 24.6 Å². The second-order valence-electron chi connectivity index (χ2n) is 3.96. The highest BCUT2D eigenvalue weighted by atomic mass is 32.2. The number of nitrogens with one attached hydrogen (secondary N) is 1. The van der Waals surface area contributed by atoms with Crippen LogP contribution in [0.25, 0.3) is 0 Å². The van der Waals surface area contributed by atoms with E-state index in [1.165, 1.54) is 10.5 Å². The van der Waals surface area contributed by atoms with Crippen molar-refractivity contribution in [2.45, 2.75) is 31.2 Å². The molecule has 2 N–H and O–H groups in total. The van der Waals surface area contributed by atoms with Gasteiger partial charge in [0.2, 0.25) is 0 Å². The first-order valence-corrected chi connectivity index (χ1v) is 6.78. The number of thioether (sulfide) groups is 1. The third kappa shape index (κ3) is 5.01. The van der Waals surface area contributed by atoms with E-state index in [9.17, 15) is 5.11 Å². The van der Waals surface area contributed by atoms with E-state index in [4.69, 9.17) is 0 Å². The van der Waals surface area contributed by atoms with Gasteiger partial charge in [-0.2, -0.15) is 0 Å². The largest absolute Gasteiger partial charge is 0.395 e. The van der Waals surface area contributed by atoms with Gasteiger partial charge in [0.05, 0.1) is 6.61 Å². The van der Waals surface area contributed by atoms with E-state index in [0.29, 0.717) is 0 Å². The van der Waals surface area contributed by atoms with Crippen LogP contribution in [0.5, 0.6) is 0 Å². The molecule has 0 aliphatic heterocycles. The molecule has 3 heteroatoms. The van der Waals surface area contributed by atoms with E-state index < -0.39 is 0 Å². The molecule has 1 aromatic rings. The Morgan fingerprint density at radius 3 is 2.56 bits per heavy atom. The Bertz CT molecular complexity index is 286. The Morgan fingerprint density at radius 2 is 2.00 bits per heavy atom. The van der Waals surface area contributed by atoms with Crippen molar-refractivity contribution < 1.29 is 5.11 Å². The molecule has 1 unspecified atom stereocenters. The summed E-state index contributed by atoms with van der Waals surface area (Å²) in [6, 6.07) is 8.71. The first-order valence-electron chi connectivity index (χ1n) is 5.80. The predicted octanol–water partition coefficient (Wildman–Crippen LogP) is 2.45. The normalized spacial score (nSPS) is 12.7. The number of rotatable bonds is 7. The zero-order valence-corrected chi connectivity index (χ0v) is 10.9. The lowest BCUT2D eigenvalue weighted by Crippen LogP contribution is -2.35. The van der Waals surface area contributed by atoms with E-state index in [2.05, 4.69) is 43.4 Å². The van der Waals surface area contributed by atoms with Crippen LogP contribution in [0.1, 0.15) is 18.9 Å². The minimum atomic E-state index is 0.200. The molecule has 1 atom stereocenters. The van der Waals surface area contributed by atoms with Crippen molar-refractivity contribution in [2.24, 2.45) is 0 Å². The summed E-state index contributed by atoms with van der Waals surface area (Å²) in [6.45, 7) is 5.40. The molecule has 0 heterocycles. The van der Waals surface area contributed by atoms with Crippen molar-refractivity contribution in [1.82, 2.24) is 5.32 Å². The maximum atomic E-state index is 9.20. The Morgan fingerprint density at radius 1 is 1.31 bits per heavy atom. The summed E-state index contributed by atoms with van der Waals surface area (Å²) in [5, 5.41) is 12.5. The summed E-state index contributed by atoms with van der Waals surface area (Å²) in [5.41, 5.74) is 1.28. The van der Waals surface area contributed by atoms with E-state index in [0.717, 1.165) is 18.7 Å². The SMILES string of the molecule is CCCNC(CO)CSc1ccc(C)cc1. The maximum absolute atomic E-state index is 9.20. The van der Waals surface area contributed by atoms with Crippen LogP contribution in [-0.2, 0) is 0 Å². The minimum Gasteiger partial charge on any atom is -0.395 e. The topological polar surface area (TPSA) is 32.3 Å². The molecular formula is C13H21NOS. The zero-order chi connectivity index (χ0) is 11.8. The average Bonchev–Trinajstić information content (AvgIpc) is 2.32. The number of benzene rings is 1. The molecule has 0 fully saturated rings. The van der Waals surface area contributed by atoms with Gasteiger partial charge in [-0.3, -0.25) is 0 Å². The Hall–Kier alpha value is -0.510. The van der Waals surface area contributed by atoms with Gasteiger partial charge in [-0.05, 0) is 32.0 Å². The van der Waals surface area contributed by atoms with Crippen LogP contribution >= 0.6 is 11.8 Å². The van der Waals surface area contributed by atoms with Crippen LogP contribution < -0.4 is 5.32 Å². The first kappa shape index (κ1) is 13.6. The highest BCUT2D eigenvalue weighted by molar-refractivity contribution is 7.99. The number of aliphatic hydroxyl groups excluding tert-OH is 1. The minimum absolute atomic E-state index is 0.200. The molecule has 0 spiro atoms. The smallest absolute Gasteiger partial charge is 0.0592 e. The third-order valence-electron chi connectivity index (χ3n) is 2.38. The molecule has 1 aromatic carbocycles. The summed E-state index contributed by atoms with van der Waals surface area (Å²) in [5.74, 6) is 0.916. The number of aryl methyl sites for hydroxylation is 1. The number of aliphatic hydroxyl groups is 1. The van der Waals surface area contributed by atoms with E-state index in [1.807, 2.05) is 0 Å². The molecule has 90 valence electrons. The van der Waals surface area contributed by atoms with Crippen molar-refractivity contribution in [3.63, 3.8) is 0 Å². The quantitative estimate of drug-likeness (QED) is 0.717. The molecular weight excluding hydrogens is 218 g/mol. The standard InChI is InChI=1S/C13H21NOS/c1-3-8-14-12(9-15)10-16-13-6-4-11(2)5-7-13/h4-7,12,14-15H,3,8-10H2,1-2H3. The molecule has 0 saturated carbocycles. The lowest BCUT2D eigenvalue weighted by molar-refractivity contribution is 0.254. The molecule has 16 heavy (non-hydrogen) atoms. The summed E-state index contributed by atoms with van der Waals surface area (Å²) < 4.78 is 0. The van der Waals surface area contributed by atoms with Crippen LogP contribution in [0, 0.1) is 6.92 Å². The zero-order valence-electron chi connectivity index (χ0n) is 10.1. The summed E-state index contributed by atoms with van der Waals surface area (Å²) in [7, 11) is 0. The van der Waals surface area contributed by atoms with Crippen molar-refractivity contribution in [3.05, 3.63) is 29.8 Å². The van der Waals surface area contributed by atoms with Gasteiger partial charge in [0, 0.05) is 16.7 Å². The second kappa shape index (κ2) is 7.71.